The Morgan fingerprint density at radius 2 is 1.95 bits per heavy atom. The van der Waals surface area contributed by atoms with Crippen molar-refractivity contribution >= 4 is 40.6 Å². The molecule has 1 N–H and O–H groups in total. The summed E-state index contributed by atoms with van der Waals surface area (Å²) in [5, 5.41) is 4.91. The molecule has 2 aromatic rings. The van der Waals surface area contributed by atoms with Gasteiger partial charge >= 0.3 is 6.03 Å². The van der Waals surface area contributed by atoms with E-state index in [-0.39, 0.29) is 5.91 Å². The van der Waals surface area contributed by atoms with Crippen LogP contribution in [0.5, 0.6) is 0 Å². The molecule has 19 heavy (non-hydrogen) atoms. The minimum Gasteiger partial charge on any atom is -0.321 e. The van der Waals surface area contributed by atoms with Gasteiger partial charge in [0.25, 0.3) is 5.91 Å². The molecule has 0 saturated carbocycles. The molecular weight excluding hydrogens is 284 g/mol. The van der Waals surface area contributed by atoms with E-state index in [0.717, 1.165) is 9.78 Å². The number of imide groups is 1. The van der Waals surface area contributed by atoms with Crippen molar-refractivity contribution in [3.63, 3.8) is 0 Å². The molecule has 1 aromatic heterocycles. The lowest BCUT2D eigenvalue weighted by Gasteiger charge is -2.14. The number of rotatable bonds is 2. The van der Waals surface area contributed by atoms with Crippen molar-refractivity contribution in [1.29, 1.82) is 0 Å². The highest BCUT2D eigenvalue weighted by atomic mass is 35.5. The smallest absolute Gasteiger partial charge is 0.321 e. The normalized spacial score (nSPS) is 18.8. The Bertz CT molecular complexity index is 642. The van der Waals surface area contributed by atoms with Crippen molar-refractivity contribution in [2.45, 2.75) is 6.04 Å². The van der Waals surface area contributed by atoms with E-state index in [4.69, 9.17) is 11.6 Å². The Balaban J connectivity index is 1.99. The molecule has 0 radical (unpaired) electrons. The SMILES string of the molecule is O=C1NC(c2cccs2)C(=O)N1c1ccccc1Cl. The number of benzene rings is 1. The van der Waals surface area contributed by atoms with Crippen LogP contribution in [0.1, 0.15) is 10.9 Å². The molecule has 2 heterocycles. The number of anilines is 1. The van der Waals surface area contributed by atoms with Crippen molar-refractivity contribution in [3.8, 4) is 0 Å². The molecule has 1 atom stereocenters. The molecule has 0 bridgehead atoms. The molecule has 1 fully saturated rings. The lowest BCUT2D eigenvalue weighted by molar-refractivity contribution is -0.118. The minimum absolute atomic E-state index is 0.305. The number of para-hydroxylation sites is 1. The third kappa shape index (κ3) is 2.01. The van der Waals surface area contributed by atoms with Crippen LogP contribution in [0.4, 0.5) is 10.5 Å². The van der Waals surface area contributed by atoms with Crippen LogP contribution in [0.2, 0.25) is 5.02 Å². The fraction of sp³-hybridized carbons (Fsp3) is 0.0769. The van der Waals surface area contributed by atoms with Gasteiger partial charge in [-0.05, 0) is 23.6 Å². The van der Waals surface area contributed by atoms with Crippen LogP contribution in [0, 0.1) is 0 Å². The summed E-state index contributed by atoms with van der Waals surface area (Å²) in [5.41, 5.74) is 0.408. The maximum Gasteiger partial charge on any atom is 0.329 e. The second-order valence-corrected chi connectivity index (χ2v) is 5.41. The van der Waals surface area contributed by atoms with Crippen molar-refractivity contribution < 1.29 is 9.59 Å². The number of carbonyl (C=O) groups is 2. The van der Waals surface area contributed by atoms with E-state index in [2.05, 4.69) is 5.32 Å². The van der Waals surface area contributed by atoms with Gasteiger partial charge in [0.2, 0.25) is 0 Å². The number of amides is 3. The molecule has 1 unspecified atom stereocenters. The third-order valence-corrected chi connectivity index (χ3v) is 4.12. The summed E-state index contributed by atoms with van der Waals surface area (Å²) in [6.45, 7) is 0. The molecule has 6 heteroatoms. The second kappa shape index (κ2) is 4.68. The Hall–Kier alpha value is -1.85. The Kier molecular flexibility index (Phi) is 3.00. The first-order chi connectivity index (χ1) is 9.18. The molecule has 3 rings (SSSR count). The fourth-order valence-electron chi connectivity index (χ4n) is 1.99. The van der Waals surface area contributed by atoms with E-state index in [1.807, 2.05) is 17.5 Å². The Labute approximate surface area is 118 Å². The van der Waals surface area contributed by atoms with E-state index >= 15 is 0 Å². The number of hydrogen-bond donors (Lipinski definition) is 1. The lowest BCUT2D eigenvalue weighted by Crippen LogP contribution is -2.30. The Morgan fingerprint density at radius 1 is 1.16 bits per heavy atom. The predicted molar refractivity (Wildman–Crippen MR) is 74.5 cm³/mol. The first-order valence-electron chi connectivity index (χ1n) is 5.61. The minimum atomic E-state index is -0.622. The zero-order valence-electron chi connectivity index (χ0n) is 9.67. The average molecular weight is 293 g/mol. The van der Waals surface area contributed by atoms with Gasteiger partial charge in [-0.1, -0.05) is 29.8 Å². The van der Waals surface area contributed by atoms with Crippen molar-refractivity contribution in [2.24, 2.45) is 0 Å². The number of nitrogens with zero attached hydrogens (tertiary/aromatic N) is 1. The second-order valence-electron chi connectivity index (χ2n) is 4.02. The van der Waals surface area contributed by atoms with Crippen molar-refractivity contribution in [1.82, 2.24) is 5.32 Å². The van der Waals surface area contributed by atoms with Crippen LogP contribution in [0.3, 0.4) is 0 Å². The predicted octanol–water partition coefficient (Wildman–Crippen LogP) is 3.20. The summed E-state index contributed by atoms with van der Waals surface area (Å²) >= 11 is 7.47. The fourth-order valence-corrected chi connectivity index (χ4v) is 2.98. The monoisotopic (exact) mass is 292 g/mol. The molecule has 1 aliphatic rings. The van der Waals surface area contributed by atoms with Gasteiger partial charge < -0.3 is 5.32 Å². The standard InChI is InChI=1S/C13H9ClN2O2S/c14-8-4-1-2-5-9(8)16-12(17)11(15-13(16)18)10-6-3-7-19-10/h1-7,11H,(H,15,18). The molecule has 1 aromatic carbocycles. The highest BCUT2D eigenvalue weighted by Gasteiger charge is 2.41. The molecular formula is C13H9ClN2O2S. The van der Waals surface area contributed by atoms with Gasteiger partial charge in [0.05, 0.1) is 10.7 Å². The largest absolute Gasteiger partial charge is 0.329 e. The number of carbonyl (C=O) groups excluding carboxylic acids is 2. The zero-order valence-corrected chi connectivity index (χ0v) is 11.2. The molecule has 3 amide bonds. The summed E-state index contributed by atoms with van der Waals surface area (Å²) in [5.74, 6) is -0.305. The molecule has 1 aliphatic heterocycles. The van der Waals surface area contributed by atoms with E-state index < -0.39 is 12.1 Å². The van der Waals surface area contributed by atoms with E-state index in [9.17, 15) is 9.59 Å². The van der Waals surface area contributed by atoms with Crippen molar-refractivity contribution in [2.75, 3.05) is 4.90 Å². The first-order valence-corrected chi connectivity index (χ1v) is 6.86. The molecule has 4 nitrogen and oxygen atoms in total. The number of halogens is 1. The number of urea groups is 1. The maximum atomic E-state index is 12.4. The maximum absolute atomic E-state index is 12.4. The summed E-state index contributed by atoms with van der Waals surface area (Å²) in [6, 6.07) is 9.38. The quantitative estimate of drug-likeness (QED) is 0.864. The number of thiophene rings is 1. The zero-order chi connectivity index (χ0) is 13.4. The summed E-state index contributed by atoms with van der Waals surface area (Å²) < 4.78 is 0. The van der Waals surface area contributed by atoms with Gasteiger partial charge in [0.15, 0.2) is 0 Å². The number of nitrogens with one attached hydrogen (secondary N) is 1. The average Bonchev–Trinajstić information content (AvgIpc) is 3.00. The van der Waals surface area contributed by atoms with Gasteiger partial charge in [-0.15, -0.1) is 11.3 Å². The highest BCUT2D eigenvalue weighted by molar-refractivity contribution is 7.10. The van der Waals surface area contributed by atoms with Crippen LogP contribution >= 0.6 is 22.9 Å². The molecule has 0 aliphatic carbocycles. The number of hydrogen-bond acceptors (Lipinski definition) is 3. The topological polar surface area (TPSA) is 49.4 Å². The lowest BCUT2D eigenvalue weighted by atomic mass is 10.2. The summed E-state index contributed by atoms with van der Waals surface area (Å²) in [6.07, 6.45) is 0. The van der Waals surface area contributed by atoms with Gasteiger partial charge in [-0.3, -0.25) is 4.79 Å². The van der Waals surface area contributed by atoms with Crippen molar-refractivity contribution in [3.05, 3.63) is 51.7 Å². The Morgan fingerprint density at radius 3 is 2.63 bits per heavy atom. The van der Waals surface area contributed by atoms with E-state index in [1.54, 1.807) is 24.3 Å². The third-order valence-electron chi connectivity index (χ3n) is 2.86. The van der Waals surface area contributed by atoms with Crippen LogP contribution in [-0.4, -0.2) is 11.9 Å². The molecule has 0 spiro atoms. The van der Waals surface area contributed by atoms with Gasteiger partial charge in [0, 0.05) is 4.88 Å². The molecule has 96 valence electrons. The summed E-state index contributed by atoms with van der Waals surface area (Å²) in [7, 11) is 0. The highest BCUT2D eigenvalue weighted by Crippen LogP contribution is 2.32. The van der Waals surface area contributed by atoms with Crippen LogP contribution in [0.15, 0.2) is 41.8 Å². The van der Waals surface area contributed by atoms with Crippen LogP contribution < -0.4 is 10.2 Å². The van der Waals surface area contributed by atoms with Crippen LogP contribution in [0.25, 0.3) is 0 Å². The first kappa shape index (κ1) is 12.2. The summed E-state index contributed by atoms with van der Waals surface area (Å²) in [4.78, 5) is 26.2. The van der Waals surface area contributed by atoms with E-state index in [0.29, 0.717) is 10.7 Å². The van der Waals surface area contributed by atoms with Crippen LogP contribution in [-0.2, 0) is 4.79 Å². The van der Waals surface area contributed by atoms with E-state index in [1.165, 1.54) is 11.3 Å². The molecule has 1 saturated heterocycles. The van der Waals surface area contributed by atoms with Gasteiger partial charge in [-0.2, -0.15) is 0 Å². The van der Waals surface area contributed by atoms with Gasteiger partial charge in [0.1, 0.15) is 6.04 Å². The van der Waals surface area contributed by atoms with Gasteiger partial charge in [-0.25, -0.2) is 9.69 Å².